The van der Waals surface area contributed by atoms with E-state index >= 15 is 0 Å². The molecule has 0 amide bonds. The fourth-order valence-electron chi connectivity index (χ4n) is 4.84. The van der Waals surface area contributed by atoms with Crippen molar-refractivity contribution < 1.29 is 0 Å². The van der Waals surface area contributed by atoms with Crippen molar-refractivity contribution in [3.8, 4) is 11.1 Å². The number of fused-ring (bicyclic) bond motifs is 8. The van der Waals surface area contributed by atoms with Crippen LogP contribution in [0, 0.1) is 0 Å². The maximum atomic E-state index is 2.37. The minimum absolute atomic E-state index is 1.07. The molecule has 0 aromatic heterocycles. The third kappa shape index (κ3) is 1.83. The van der Waals surface area contributed by atoms with Crippen LogP contribution in [-0.4, -0.2) is 0 Å². The Morgan fingerprint density at radius 2 is 1.20 bits per heavy atom. The van der Waals surface area contributed by atoms with Gasteiger partial charge in [-0.1, -0.05) is 72.8 Å². The molecule has 4 aromatic rings. The molecule has 0 aliphatic heterocycles. The molecule has 25 heavy (non-hydrogen) atoms. The second-order valence-electron chi connectivity index (χ2n) is 7.35. The zero-order valence-corrected chi connectivity index (χ0v) is 14.0. The summed E-state index contributed by atoms with van der Waals surface area (Å²) in [5, 5.41) is 2.77. The maximum Gasteiger partial charge on any atom is -0.000718 e. The minimum Gasteiger partial charge on any atom is -0.0620 e. The zero-order chi connectivity index (χ0) is 16.4. The fraction of sp³-hybridized carbons (Fsp3) is 0.120. The van der Waals surface area contributed by atoms with E-state index in [1.807, 2.05) is 0 Å². The van der Waals surface area contributed by atoms with Crippen LogP contribution in [0.2, 0.25) is 0 Å². The highest BCUT2D eigenvalue weighted by Gasteiger charge is 2.27. The minimum atomic E-state index is 1.07. The molecular formula is C25H18. The van der Waals surface area contributed by atoms with E-state index in [4.69, 9.17) is 0 Å². The van der Waals surface area contributed by atoms with Gasteiger partial charge >= 0.3 is 0 Å². The van der Waals surface area contributed by atoms with Crippen molar-refractivity contribution in [2.24, 2.45) is 0 Å². The first kappa shape index (κ1) is 13.4. The lowest BCUT2D eigenvalue weighted by Crippen LogP contribution is -2.09. The first-order valence-electron chi connectivity index (χ1n) is 9.10. The molecule has 0 fully saturated rings. The molecular weight excluding hydrogens is 300 g/mol. The lowest BCUT2D eigenvalue weighted by atomic mass is 9.82. The summed E-state index contributed by atoms with van der Waals surface area (Å²) in [6, 6.07) is 27.1. The summed E-state index contributed by atoms with van der Waals surface area (Å²) < 4.78 is 0. The number of benzene rings is 4. The average molecular weight is 318 g/mol. The first-order valence-corrected chi connectivity index (χ1v) is 9.10. The number of rotatable bonds is 0. The summed E-state index contributed by atoms with van der Waals surface area (Å²) in [5.41, 5.74) is 12.1. The third-order valence-electron chi connectivity index (χ3n) is 6.04. The molecule has 0 N–H and O–H groups in total. The Morgan fingerprint density at radius 1 is 0.480 bits per heavy atom. The number of hydrogen-bond donors (Lipinski definition) is 0. The summed E-state index contributed by atoms with van der Waals surface area (Å²) in [6.07, 6.45) is 3.21. The van der Waals surface area contributed by atoms with Crippen LogP contribution in [0.3, 0.4) is 0 Å². The molecule has 0 atom stereocenters. The molecule has 0 unspecified atom stereocenters. The second-order valence-corrected chi connectivity index (χ2v) is 7.35. The Bertz CT molecular complexity index is 1160. The predicted octanol–water partition coefficient (Wildman–Crippen LogP) is 5.91. The molecule has 0 saturated heterocycles. The van der Waals surface area contributed by atoms with Crippen LogP contribution < -0.4 is 0 Å². The summed E-state index contributed by atoms with van der Waals surface area (Å²) in [6.45, 7) is 0. The van der Waals surface area contributed by atoms with Gasteiger partial charge in [-0.2, -0.15) is 0 Å². The van der Waals surface area contributed by atoms with Crippen molar-refractivity contribution >= 4 is 10.8 Å². The standard InChI is InChI=1S/C25H18/c1-2-7-18-14-23-19(13-17(18)6-1)9-10-20-15-24-21-8-4-3-5-16(21)11-12-22(24)25(20)23/h1-12H,13-15H2. The monoisotopic (exact) mass is 318 g/mol. The van der Waals surface area contributed by atoms with E-state index in [1.54, 1.807) is 5.56 Å². The normalized spacial score (nSPS) is 13.9. The van der Waals surface area contributed by atoms with Gasteiger partial charge in [0.15, 0.2) is 0 Å². The van der Waals surface area contributed by atoms with E-state index in [2.05, 4.69) is 72.8 Å². The van der Waals surface area contributed by atoms with Gasteiger partial charge in [-0.15, -0.1) is 0 Å². The molecule has 0 spiro atoms. The van der Waals surface area contributed by atoms with Gasteiger partial charge < -0.3 is 0 Å². The SMILES string of the molecule is c1ccc2c(c1)Cc1ccc3c(c1C2)-c1ccc2ccccc2c1C3. The van der Waals surface area contributed by atoms with Gasteiger partial charge in [0.05, 0.1) is 0 Å². The highest BCUT2D eigenvalue weighted by molar-refractivity contribution is 5.96. The van der Waals surface area contributed by atoms with Crippen LogP contribution >= 0.6 is 0 Å². The van der Waals surface area contributed by atoms with Crippen LogP contribution in [0.15, 0.2) is 72.8 Å². The van der Waals surface area contributed by atoms with Crippen LogP contribution in [0.25, 0.3) is 21.9 Å². The van der Waals surface area contributed by atoms with E-state index in [0.29, 0.717) is 0 Å². The summed E-state index contributed by atoms with van der Waals surface area (Å²) in [7, 11) is 0. The van der Waals surface area contributed by atoms with E-state index in [0.717, 1.165) is 19.3 Å². The molecule has 4 aromatic carbocycles. The molecule has 2 aliphatic carbocycles. The van der Waals surface area contributed by atoms with Crippen LogP contribution in [-0.2, 0) is 19.3 Å². The van der Waals surface area contributed by atoms with Crippen molar-refractivity contribution in [3.05, 3.63) is 106 Å². The Kier molecular flexibility index (Phi) is 2.59. The van der Waals surface area contributed by atoms with Gasteiger partial charge in [0.25, 0.3) is 0 Å². The molecule has 0 heteroatoms. The van der Waals surface area contributed by atoms with E-state index < -0.39 is 0 Å². The smallest absolute Gasteiger partial charge is 0.000718 e. The van der Waals surface area contributed by atoms with Gasteiger partial charge in [-0.25, -0.2) is 0 Å². The molecule has 0 heterocycles. The summed E-state index contributed by atoms with van der Waals surface area (Å²) in [4.78, 5) is 0. The lowest BCUT2D eigenvalue weighted by molar-refractivity contribution is 1.00. The molecule has 0 bridgehead atoms. The van der Waals surface area contributed by atoms with E-state index in [-0.39, 0.29) is 0 Å². The van der Waals surface area contributed by atoms with Crippen molar-refractivity contribution in [3.63, 3.8) is 0 Å². The van der Waals surface area contributed by atoms with Gasteiger partial charge in [0.2, 0.25) is 0 Å². The van der Waals surface area contributed by atoms with Crippen LogP contribution in [0.1, 0.15) is 33.4 Å². The molecule has 0 radical (unpaired) electrons. The van der Waals surface area contributed by atoms with Gasteiger partial charge in [0.1, 0.15) is 0 Å². The first-order chi connectivity index (χ1) is 12.4. The maximum absolute atomic E-state index is 2.37. The van der Waals surface area contributed by atoms with Gasteiger partial charge in [-0.3, -0.25) is 0 Å². The highest BCUT2D eigenvalue weighted by Crippen LogP contribution is 2.45. The largest absolute Gasteiger partial charge is 0.0620 e. The molecule has 0 saturated carbocycles. The van der Waals surface area contributed by atoms with Gasteiger partial charge in [-0.05, 0) is 74.5 Å². The fourth-order valence-corrected chi connectivity index (χ4v) is 4.84. The van der Waals surface area contributed by atoms with E-state index in [9.17, 15) is 0 Å². The third-order valence-corrected chi connectivity index (χ3v) is 6.04. The molecule has 2 aliphatic rings. The van der Waals surface area contributed by atoms with Gasteiger partial charge in [0, 0.05) is 0 Å². The summed E-state index contributed by atoms with van der Waals surface area (Å²) >= 11 is 0. The van der Waals surface area contributed by atoms with Crippen LogP contribution in [0.5, 0.6) is 0 Å². The van der Waals surface area contributed by atoms with Crippen molar-refractivity contribution in [1.82, 2.24) is 0 Å². The Balaban J connectivity index is 1.61. The average Bonchev–Trinajstić information content (AvgIpc) is 3.06. The Labute approximate surface area is 147 Å². The highest BCUT2D eigenvalue weighted by atomic mass is 14.3. The predicted molar refractivity (Wildman–Crippen MR) is 104 cm³/mol. The van der Waals surface area contributed by atoms with Crippen LogP contribution in [0.4, 0.5) is 0 Å². The van der Waals surface area contributed by atoms with Crippen molar-refractivity contribution in [2.75, 3.05) is 0 Å². The van der Waals surface area contributed by atoms with E-state index in [1.165, 1.54) is 49.7 Å². The Hall–Kier alpha value is -2.86. The topological polar surface area (TPSA) is 0 Å². The lowest BCUT2D eigenvalue weighted by Gasteiger charge is -2.22. The second kappa shape index (κ2) is 4.83. The zero-order valence-electron chi connectivity index (χ0n) is 14.0. The quantitative estimate of drug-likeness (QED) is 0.327. The van der Waals surface area contributed by atoms with Crippen molar-refractivity contribution in [2.45, 2.75) is 19.3 Å². The van der Waals surface area contributed by atoms with Crippen molar-refractivity contribution in [1.29, 1.82) is 0 Å². The number of hydrogen-bond acceptors (Lipinski definition) is 0. The summed E-state index contributed by atoms with van der Waals surface area (Å²) in [5.74, 6) is 0. The Morgan fingerprint density at radius 3 is 2.12 bits per heavy atom. The molecule has 118 valence electrons. The molecule has 6 rings (SSSR count). The molecule has 0 nitrogen and oxygen atoms in total.